The number of hydrogen-bond donors (Lipinski definition) is 1. The molecule has 6 nitrogen and oxygen atoms in total. The van der Waals surface area contributed by atoms with Gasteiger partial charge in [-0.05, 0) is 50.3 Å². The molecule has 170 valence electrons. The number of carbonyl (C=O) groups is 2. The average Bonchev–Trinajstić information content (AvgIpc) is 3.21. The number of esters is 1. The Labute approximate surface area is 185 Å². The van der Waals surface area contributed by atoms with E-state index in [-0.39, 0.29) is 41.7 Å². The summed E-state index contributed by atoms with van der Waals surface area (Å²) in [5.41, 5.74) is 0.0607. The maximum Gasteiger partial charge on any atom is 0.411 e. The molecule has 0 radical (unpaired) electrons. The van der Waals surface area contributed by atoms with Gasteiger partial charge in [0.25, 0.3) is 0 Å². The summed E-state index contributed by atoms with van der Waals surface area (Å²) in [7, 11) is 0. The van der Waals surface area contributed by atoms with Crippen molar-refractivity contribution in [3.8, 4) is 0 Å². The minimum atomic E-state index is -0.803. The summed E-state index contributed by atoms with van der Waals surface area (Å²) in [6, 6.07) is 11.2. The van der Waals surface area contributed by atoms with Crippen LogP contribution in [0.2, 0.25) is 0 Å². The molecule has 8 heteroatoms. The molecule has 1 aliphatic heterocycles. The van der Waals surface area contributed by atoms with E-state index >= 15 is 0 Å². The molecule has 1 heterocycles. The van der Waals surface area contributed by atoms with Crippen molar-refractivity contribution in [3.05, 3.63) is 59.7 Å². The highest BCUT2D eigenvalue weighted by atomic mass is 19.1. The van der Waals surface area contributed by atoms with E-state index in [0.717, 1.165) is 17.7 Å². The van der Waals surface area contributed by atoms with Crippen LogP contribution in [0.4, 0.5) is 25.0 Å². The van der Waals surface area contributed by atoms with Crippen LogP contribution in [0.25, 0.3) is 0 Å². The minimum absolute atomic E-state index is 0.0298. The van der Waals surface area contributed by atoms with Crippen LogP contribution in [0, 0.1) is 29.4 Å². The van der Waals surface area contributed by atoms with Crippen molar-refractivity contribution in [1.82, 2.24) is 0 Å². The first-order valence-electron chi connectivity index (χ1n) is 10.6. The number of halogens is 2. The molecule has 2 aliphatic rings. The number of amides is 1. The standard InChI is InChI=1S/C24H26F2N2O4/c1-24(2,3)32-22(29)20-16-11-28(12-17(16)20)21-18(25)9-15(10-19(21)26)27-23(30)31-13-14-7-5-4-6-8-14/h4-10,16-17,20H,11-13H2,1-3H3,(H,27,30). The lowest BCUT2D eigenvalue weighted by molar-refractivity contribution is -0.157. The van der Waals surface area contributed by atoms with Crippen molar-refractivity contribution in [3.63, 3.8) is 0 Å². The first-order chi connectivity index (χ1) is 15.1. The monoisotopic (exact) mass is 444 g/mol. The Kier molecular flexibility index (Phi) is 5.79. The Bertz CT molecular complexity index is 987. The van der Waals surface area contributed by atoms with Crippen LogP contribution in [-0.4, -0.2) is 30.8 Å². The fraction of sp³-hybridized carbons (Fsp3) is 0.417. The number of benzene rings is 2. The van der Waals surface area contributed by atoms with Crippen molar-refractivity contribution in [2.75, 3.05) is 23.3 Å². The molecular formula is C24H26F2N2O4. The van der Waals surface area contributed by atoms with E-state index < -0.39 is 23.3 Å². The average molecular weight is 444 g/mol. The van der Waals surface area contributed by atoms with E-state index in [1.165, 1.54) is 0 Å². The smallest absolute Gasteiger partial charge is 0.411 e. The van der Waals surface area contributed by atoms with Crippen molar-refractivity contribution in [1.29, 1.82) is 0 Å². The lowest BCUT2D eigenvalue weighted by Crippen LogP contribution is -2.31. The van der Waals surface area contributed by atoms with Gasteiger partial charge >= 0.3 is 12.1 Å². The number of rotatable bonds is 5. The molecule has 4 rings (SSSR count). The van der Waals surface area contributed by atoms with E-state index in [9.17, 15) is 18.4 Å². The summed E-state index contributed by atoms with van der Waals surface area (Å²) in [4.78, 5) is 25.8. The fourth-order valence-electron chi connectivity index (χ4n) is 4.25. The van der Waals surface area contributed by atoms with Crippen molar-refractivity contribution in [2.24, 2.45) is 17.8 Å². The zero-order valence-corrected chi connectivity index (χ0v) is 18.2. The topological polar surface area (TPSA) is 67.9 Å². The van der Waals surface area contributed by atoms with E-state index in [4.69, 9.17) is 9.47 Å². The maximum atomic E-state index is 14.7. The summed E-state index contributed by atoms with van der Waals surface area (Å²) in [6.45, 7) is 6.25. The normalized spacial score (nSPS) is 21.7. The van der Waals surface area contributed by atoms with Crippen LogP contribution in [0.1, 0.15) is 26.3 Å². The van der Waals surface area contributed by atoms with Gasteiger partial charge in [-0.2, -0.15) is 0 Å². The van der Waals surface area contributed by atoms with Gasteiger partial charge in [0.15, 0.2) is 11.6 Å². The van der Waals surface area contributed by atoms with Gasteiger partial charge in [-0.25, -0.2) is 13.6 Å². The van der Waals surface area contributed by atoms with E-state index in [1.807, 2.05) is 39.0 Å². The summed E-state index contributed by atoms with van der Waals surface area (Å²) in [6.07, 6.45) is -0.803. The van der Waals surface area contributed by atoms with Gasteiger partial charge in [0.2, 0.25) is 0 Å². The van der Waals surface area contributed by atoms with Crippen molar-refractivity contribution in [2.45, 2.75) is 33.0 Å². The zero-order valence-electron chi connectivity index (χ0n) is 18.2. The van der Waals surface area contributed by atoms with Crippen LogP contribution in [0.15, 0.2) is 42.5 Å². The molecule has 0 bridgehead atoms. The molecule has 1 saturated heterocycles. The number of nitrogens with zero attached hydrogens (tertiary/aromatic N) is 1. The van der Waals surface area contributed by atoms with Gasteiger partial charge in [0, 0.05) is 18.8 Å². The first-order valence-corrected chi connectivity index (χ1v) is 10.6. The van der Waals surface area contributed by atoms with Gasteiger partial charge in [-0.15, -0.1) is 0 Å². The lowest BCUT2D eigenvalue weighted by Gasteiger charge is -2.25. The van der Waals surface area contributed by atoms with Crippen LogP contribution in [-0.2, 0) is 20.9 Å². The van der Waals surface area contributed by atoms with Crippen LogP contribution >= 0.6 is 0 Å². The highest BCUT2D eigenvalue weighted by molar-refractivity contribution is 5.85. The third-order valence-electron chi connectivity index (χ3n) is 5.67. The Balaban J connectivity index is 1.34. The number of ether oxygens (including phenoxy) is 2. The van der Waals surface area contributed by atoms with Gasteiger partial charge in [0.1, 0.15) is 17.9 Å². The number of nitrogens with one attached hydrogen (secondary N) is 1. The molecule has 2 atom stereocenters. The Hall–Kier alpha value is -3.16. The first kappa shape index (κ1) is 22.0. The van der Waals surface area contributed by atoms with Crippen molar-refractivity contribution >= 4 is 23.4 Å². The van der Waals surface area contributed by atoms with Gasteiger partial charge < -0.3 is 14.4 Å². The zero-order chi connectivity index (χ0) is 23.0. The molecule has 0 spiro atoms. The molecule has 0 aromatic heterocycles. The number of fused-ring (bicyclic) bond motifs is 1. The number of hydrogen-bond acceptors (Lipinski definition) is 5. The van der Waals surface area contributed by atoms with Crippen LogP contribution in [0.3, 0.4) is 0 Å². The molecule has 1 amide bonds. The second-order valence-electron chi connectivity index (χ2n) is 9.27. The minimum Gasteiger partial charge on any atom is -0.460 e. The molecule has 2 unspecified atom stereocenters. The summed E-state index contributed by atoms with van der Waals surface area (Å²) < 4.78 is 39.9. The second kappa shape index (κ2) is 8.41. The summed E-state index contributed by atoms with van der Waals surface area (Å²) in [5, 5.41) is 2.35. The Morgan fingerprint density at radius 1 is 1.06 bits per heavy atom. The van der Waals surface area contributed by atoms with Crippen LogP contribution in [0.5, 0.6) is 0 Å². The quantitative estimate of drug-likeness (QED) is 0.675. The molecule has 2 aromatic rings. The number of carbonyl (C=O) groups excluding carboxylic acids is 2. The number of piperidine rings is 1. The SMILES string of the molecule is CC(C)(C)OC(=O)C1C2CN(c3c(F)cc(NC(=O)OCc4ccccc4)cc3F)CC21. The molecule has 2 fully saturated rings. The lowest BCUT2D eigenvalue weighted by atomic mass is 10.1. The maximum absolute atomic E-state index is 14.7. The molecule has 1 saturated carbocycles. The van der Waals surface area contributed by atoms with Gasteiger partial charge in [-0.1, -0.05) is 30.3 Å². The predicted octanol–water partition coefficient (Wildman–Crippen LogP) is 4.74. The highest BCUT2D eigenvalue weighted by Gasteiger charge is 2.61. The summed E-state index contributed by atoms with van der Waals surface area (Å²) in [5.74, 6) is -1.95. The molecule has 32 heavy (non-hydrogen) atoms. The van der Waals surface area contributed by atoms with Gasteiger partial charge in [0.05, 0.1) is 5.92 Å². The molecular weight excluding hydrogens is 418 g/mol. The molecule has 1 aliphatic carbocycles. The van der Waals surface area contributed by atoms with E-state index in [1.54, 1.807) is 17.0 Å². The summed E-state index contributed by atoms with van der Waals surface area (Å²) >= 11 is 0. The third kappa shape index (κ3) is 4.84. The van der Waals surface area contributed by atoms with E-state index in [2.05, 4.69) is 5.32 Å². The van der Waals surface area contributed by atoms with E-state index in [0.29, 0.717) is 13.1 Å². The van der Waals surface area contributed by atoms with Gasteiger partial charge in [-0.3, -0.25) is 10.1 Å². The Morgan fingerprint density at radius 2 is 1.66 bits per heavy atom. The van der Waals surface area contributed by atoms with Crippen molar-refractivity contribution < 1.29 is 27.8 Å². The predicted molar refractivity (Wildman–Crippen MR) is 115 cm³/mol. The Morgan fingerprint density at radius 3 is 2.22 bits per heavy atom. The highest BCUT2D eigenvalue weighted by Crippen LogP contribution is 2.54. The fourth-order valence-corrected chi connectivity index (χ4v) is 4.25. The molecule has 1 N–H and O–H groups in total. The van der Waals surface area contributed by atoms with Crippen LogP contribution < -0.4 is 10.2 Å². The molecule has 2 aromatic carbocycles. The largest absolute Gasteiger partial charge is 0.460 e. The second-order valence-corrected chi connectivity index (χ2v) is 9.27. The number of anilines is 2. The third-order valence-corrected chi connectivity index (χ3v) is 5.67.